The minimum atomic E-state index is 0.277. The summed E-state index contributed by atoms with van der Waals surface area (Å²) in [7, 11) is 0. The third-order valence-corrected chi connectivity index (χ3v) is 3.46. The Balaban J connectivity index is 2.15. The number of ether oxygens (including phenoxy) is 1. The molecule has 0 aliphatic carbocycles. The molecule has 1 aromatic carbocycles. The molecule has 0 bridgehead atoms. The first-order chi connectivity index (χ1) is 9.72. The molecule has 0 spiro atoms. The van der Waals surface area contributed by atoms with Crippen LogP contribution in [-0.2, 0) is 4.79 Å². The van der Waals surface area contributed by atoms with Gasteiger partial charge >= 0.3 is 0 Å². The number of hydrogen-bond donors (Lipinski definition) is 0. The van der Waals surface area contributed by atoms with Gasteiger partial charge in [-0.25, -0.2) is 0 Å². The predicted octanol–water partition coefficient (Wildman–Crippen LogP) is 3.15. The van der Waals surface area contributed by atoms with Crippen molar-refractivity contribution in [2.45, 2.75) is 26.7 Å². The van der Waals surface area contributed by atoms with Gasteiger partial charge in [0.25, 0.3) is 0 Å². The maximum atomic E-state index is 12.0. The van der Waals surface area contributed by atoms with Crippen LogP contribution in [0.15, 0.2) is 29.8 Å². The van der Waals surface area contributed by atoms with E-state index in [1.807, 2.05) is 37.3 Å². The first-order valence-corrected chi connectivity index (χ1v) is 7.42. The van der Waals surface area contributed by atoms with Gasteiger partial charge in [0.1, 0.15) is 5.75 Å². The fraction of sp³-hybridized carbons (Fsp3) is 0.471. The van der Waals surface area contributed by atoms with E-state index in [4.69, 9.17) is 4.74 Å². The molecule has 20 heavy (non-hydrogen) atoms. The standard InChI is InChI=1S/C17H23NO2/c1-3-9-18-10-8-17(19)15(13-18)11-14-6-5-7-16(12-14)20-4-2/h5-7,11-12H,3-4,8-10,13H2,1-2H3/b15-11+. The fourth-order valence-corrected chi connectivity index (χ4v) is 2.52. The van der Waals surface area contributed by atoms with Crippen molar-refractivity contribution in [3.8, 4) is 5.75 Å². The van der Waals surface area contributed by atoms with Crippen molar-refractivity contribution >= 4 is 11.9 Å². The van der Waals surface area contributed by atoms with Crippen LogP contribution < -0.4 is 4.74 Å². The van der Waals surface area contributed by atoms with Crippen LogP contribution in [0, 0.1) is 0 Å². The first-order valence-electron chi connectivity index (χ1n) is 7.42. The van der Waals surface area contributed by atoms with Gasteiger partial charge in [-0.05, 0) is 43.7 Å². The van der Waals surface area contributed by atoms with E-state index in [1.54, 1.807) is 0 Å². The molecule has 0 unspecified atom stereocenters. The van der Waals surface area contributed by atoms with Gasteiger partial charge in [0.05, 0.1) is 6.61 Å². The summed E-state index contributed by atoms with van der Waals surface area (Å²) in [5.41, 5.74) is 1.95. The predicted molar refractivity (Wildman–Crippen MR) is 81.9 cm³/mol. The van der Waals surface area contributed by atoms with Gasteiger partial charge in [0, 0.05) is 25.1 Å². The summed E-state index contributed by atoms with van der Waals surface area (Å²) < 4.78 is 5.50. The summed E-state index contributed by atoms with van der Waals surface area (Å²) in [5, 5.41) is 0. The number of rotatable bonds is 5. The maximum Gasteiger partial charge on any atom is 0.161 e. The zero-order valence-electron chi connectivity index (χ0n) is 12.4. The largest absolute Gasteiger partial charge is 0.494 e. The molecule has 1 saturated heterocycles. The number of ketones is 1. The van der Waals surface area contributed by atoms with Crippen LogP contribution in [0.5, 0.6) is 5.75 Å². The lowest BCUT2D eigenvalue weighted by Gasteiger charge is -2.27. The molecule has 1 aliphatic heterocycles. The molecule has 2 rings (SSSR count). The quantitative estimate of drug-likeness (QED) is 0.772. The van der Waals surface area contributed by atoms with Crippen molar-refractivity contribution in [2.75, 3.05) is 26.2 Å². The van der Waals surface area contributed by atoms with Gasteiger partial charge in [0.15, 0.2) is 5.78 Å². The summed E-state index contributed by atoms with van der Waals surface area (Å²) in [6.45, 7) is 7.52. The van der Waals surface area contributed by atoms with Crippen LogP contribution in [0.3, 0.4) is 0 Å². The zero-order chi connectivity index (χ0) is 14.4. The van der Waals surface area contributed by atoms with Gasteiger partial charge in [-0.2, -0.15) is 0 Å². The average molecular weight is 273 g/mol. The van der Waals surface area contributed by atoms with E-state index in [-0.39, 0.29) is 5.78 Å². The Bertz CT molecular complexity index is 494. The molecule has 3 nitrogen and oxygen atoms in total. The molecular weight excluding hydrogens is 250 g/mol. The molecular formula is C17H23NO2. The Morgan fingerprint density at radius 2 is 2.20 bits per heavy atom. The number of piperidine rings is 1. The summed E-state index contributed by atoms with van der Waals surface area (Å²) in [6, 6.07) is 7.91. The molecule has 3 heteroatoms. The highest BCUT2D eigenvalue weighted by molar-refractivity contribution is 6.00. The second-order valence-corrected chi connectivity index (χ2v) is 5.12. The van der Waals surface area contributed by atoms with Crippen molar-refractivity contribution in [3.05, 3.63) is 35.4 Å². The molecule has 1 heterocycles. The van der Waals surface area contributed by atoms with E-state index < -0.39 is 0 Å². The topological polar surface area (TPSA) is 29.5 Å². The van der Waals surface area contributed by atoms with E-state index in [9.17, 15) is 4.79 Å². The number of hydrogen-bond acceptors (Lipinski definition) is 3. The number of Topliss-reactive ketones (excluding diaryl/α,β-unsaturated/α-hetero) is 1. The van der Waals surface area contributed by atoms with Crippen LogP contribution in [0.1, 0.15) is 32.3 Å². The Labute approximate surface area is 121 Å². The first kappa shape index (κ1) is 14.8. The monoisotopic (exact) mass is 273 g/mol. The SMILES string of the molecule is CCCN1CCC(=O)/C(=C/c2cccc(OCC)c2)C1. The minimum Gasteiger partial charge on any atom is -0.494 e. The molecule has 108 valence electrons. The van der Waals surface area contributed by atoms with E-state index in [2.05, 4.69) is 11.8 Å². The number of benzene rings is 1. The Morgan fingerprint density at radius 1 is 1.35 bits per heavy atom. The second kappa shape index (κ2) is 7.25. The molecule has 0 saturated carbocycles. The Hall–Kier alpha value is -1.61. The average Bonchev–Trinajstić information content (AvgIpc) is 2.44. The smallest absolute Gasteiger partial charge is 0.161 e. The molecule has 0 atom stereocenters. The second-order valence-electron chi connectivity index (χ2n) is 5.12. The third kappa shape index (κ3) is 3.94. The van der Waals surface area contributed by atoms with Crippen LogP contribution in [0.25, 0.3) is 6.08 Å². The normalized spacial score (nSPS) is 18.5. The van der Waals surface area contributed by atoms with E-state index >= 15 is 0 Å². The van der Waals surface area contributed by atoms with Gasteiger partial charge in [-0.1, -0.05) is 19.1 Å². The zero-order valence-corrected chi connectivity index (χ0v) is 12.4. The van der Waals surface area contributed by atoms with Gasteiger partial charge in [-0.15, -0.1) is 0 Å². The summed E-state index contributed by atoms with van der Waals surface area (Å²) >= 11 is 0. The lowest BCUT2D eigenvalue weighted by atomic mass is 10.00. The Morgan fingerprint density at radius 3 is 2.95 bits per heavy atom. The van der Waals surface area contributed by atoms with Gasteiger partial charge < -0.3 is 4.74 Å². The van der Waals surface area contributed by atoms with Crippen molar-refractivity contribution in [2.24, 2.45) is 0 Å². The lowest BCUT2D eigenvalue weighted by molar-refractivity contribution is -0.117. The van der Waals surface area contributed by atoms with Crippen LogP contribution in [0.2, 0.25) is 0 Å². The summed E-state index contributed by atoms with van der Waals surface area (Å²) in [4.78, 5) is 14.4. The maximum absolute atomic E-state index is 12.0. The molecule has 1 aliphatic rings. The highest BCUT2D eigenvalue weighted by atomic mass is 16.5. The molecule has 0 N–H and O–H groups in total. The molecule has 1 aromatic rings. The fourth-order valence-electron chi connectivity index (χ4n) is 2.52. The van der Waals surface area contributed by atoms with Crippen molar-refractivity contribution in [3.63, 3.8) is 0 Å². The van der Waals surface area contributed by atoms with Crippen LogP contribution >= 0.6 is 0 Å². The van der Waals surface area contributed by atoms with Gasteiger partial charge in [0.2, 0.25) is 0 Å². The van der Waals surface area contributed by atoms with Crippen molar-refractivity contribution in [1.29, 1.82) is 0 Å². The van der Waals surface area contributed by atoms with E-state index in [0.717, 1.165) is 42.9 Å². The number of nitrogens with zero attached hydrogens (tertiary/aromatic N) is 1. The number of carbonyl (C=O) groups excluding carboxylic acids is 1. The van der Waals surface area contributed by atoms with Gasteiger partial charge in [-0.3, -0.25) is 9.69 Å². The highest BCUT2D eigenvalue weighted by Gasteiger charge is 2.20. The summed E-state index contributed by atoms with van der Waals surface area (Å²) in [6.07, 6.45) is 3.77. The number of carbonyl (C=O) groups is 1. The van der Waals surface area contributed by atoms with Crippen LogP contribution in [0.4, 0.5) is 0 Å². The highest BCUT2D eigenvalue weighted by Crippen LogP contribution is 2.19. The van der Waals surface area contributed by atoms with E-state index in [0.29, 0.717) is 13.0 Å². The van der Waals surface area contributed by atoms with Crippen molar-refractivity contribution in [1.82, 2.24) is 4.90 Å². The molecule has 1 fully saturated rings. The molecule has 0 amide bonds. The number of likely N-dealkylation sites (tertiary alicyclic amines) is 1. The Kier molecular flexibility index (Phi) is 5.36. The summed E-state index contributed by atoms with van der Waals surface area (Å²) in [5.74, 6) is 1.13. The van der Waals surface area contributed by atoms with E-state index in [1.165, 1.54) is 0 Å². The molecule has 0 radical (unpaired) electrons. The van der Waals surface area contributed by atoms with Crippen molar-refractivity contribution < 1.29 is 9.53 Å². The van der Waals surface area contributed by atoms with Crippen LogP contribution in [-0.4, -0.2) is 36.9 Å². The minimum absolute atomic E-state index is 0.277. The lowest BCUT2D eigenvalue weighted by Crippen LogP contribution is -2.36. The molecule has 0 aromatic heterocycles. The third-order valence-electron chi connectivity index (χ3n) is 3.46.